The van der Waals surface area contributed by atoms with E-state index in [0.717, 1.165) is 23.7 Å². The molecule has 0 radical (unpaired) electrons. The lowest BCUT2D eigenvalue weighted by molar-refractivity contribution is 0.229. The van der Waals surface area contributed by atoms with E-state index in [1.165, 1.54) is 81.1 Å². The van der Waals surface area contributed by atoms with E-state index in [4.69, 9.17) is 0 Å². The molecular formula is C27H33N. The van der Waals surface area contributed by atoms with E-state index in [2.05, 4.69) is 53.8 Å². The molecule has 2 aromatic carbocycles. The Labute approximate surface area is 169 Å². The summed E-state index contributed by atoms with van der Waals surface area (Å²) in [6.45, 7) is 0. The second-order valence-electron chi connectivity index (χ2n) is 10.4. The number of nitrogens with one attached hydrogen (secondary N) is 1. The lowest BCUT2D eigenvalue weighted by atomic mass is 9.66. The Morgan fingerprint density at radius 2 is 1.29 bits per heavy atom. The van der Waals surface area contributed by atoms with Gasteiger partial charge in [0.2, 0.25) is 0 Å². The monoisotopic (exact) mass is 371 g/mol. The summed E-state index contributed by atoms with van der Waals surface area (Å²) >= 11 is 0. The molecule has 5 fully saturated rings. The van der Waals surface area contributed by atoms with Crippen LogP contribution in [-0.4, -0.2) is 0 Å². The molecule has 5 aliphatic rings. The van der Waals surface area contributed by atoms with Crippen molar-refractivity contribution in [3.05, 3.63) is 59.7 Å². The first kappa shape index (κ1) is 17.1. The van der Waals surface area contributed by atoms with Crippen molar-refractivity contribution in [1.82, 2.24) is 0 Å². The first-order chi connectivity index (χ1) is 13.8. The molecule has 5 aliphatic carbocycles. The Hall–Kier alpha value is -1.76. The van der Waals surface area contributed by atoms with E-state index >= 15 is 0 Å². The van der Waals surface area contributed by atoms with Crippen molar-refractivity contribution in [2.75, 3.05) is 5.32 Å². The van der Waals surface area contributed by atoms with E-state index in [-0.39, 0.29) is 0 Å². The fourth-order valence-corrected chi connectivity index (χ4v) is 7.51. The minimum atomic E-state index is 0.524. The molecule has 0 amide bonds. The highest BCUT2D eigenvalue weighted by Gasteiger charge is 2.56. The van der Waals surface area contributed by atoms with Crippen LogP contribution in [0.15, 0.2) is 48.5 Å². The highest BCUT2D eigenvalue weighted by atomic mass is 14.9. The van der Waals surface area contributed by atoms with Crippen LogP contribution >= 0.6 is 0 Å². The van der Waals surface area contributed by atoms with E-state index in [1.54, 1.807) is 5.56 Å². The SMILES string of the molecule is c1cc(C2CCCCC2)ccc1Nc1ccc(C23CC4CC(C2)C(C4)C3)cc1. The van der Waals surface area contributed by atoms with Gasteiger partial charge in [-0.05, 0) is 109 Å². The summed E-state index contributed by atoms with van der Waals surface area (Å²) in [4.78, 5) is 0. The van der Waals surface area contributed by atoms with Gasteiger partial charge in [0.1, 0.15) is 0 Å². The lowest BCUT2D eigenvalue weighted by Gasteiger charge is -2.39. The van der Waals surface area contributed by atoms with Crippen LogP contribution in [0.5, 0.6) is 0 Å². The standard InChI is InChI=1S/C27H33N/c1-2-4-20(5-3-1)21-6-10-25(11-7-21)28-26-12-8-24(9-13-26)27-16-19-14-22(17-27)23(15-19)18-27/h6-13,19-20,22-23,28H,1-5,14-18H2. The summed E-state index contributed by atoms with van der Waals surface area (Å²) < 4.78 is 0. The summed E-state index contributed by atoms with van der Waals surface area (Å²) in [6.07, 6.45) is 14.4. The molecule has 146 valence electrons. The van der Waals surface area contributed by atoms with E-state index in [9.17, 15) is 0 Å². The molecule has 4 bridgehead atoms. The van der Waals surface area contributed by atoms with Gasteiger partial charge in [-0.2, -0.15) is 0 Å². The molecule has 0 saturated heterocycles. The van der Waals surface area contributed by atoms with Gasteiger partial charge in [0.25, 0.3) is 0 Å². The van der Waals surface area contributed by atoms with Crippen LogP contribution in [0.25, 0.3) is 0 Å². The summed E-state index contributed by atoms with van der Waals surface area (Å²) in [5, 5.41) is 3.62. The Balaban J connectivity index is 1.15. The first-order valence-corrected chi connectivity index (χ1v) is 11.7. The van der Waals surface area contributed by atoms with Crippen molar-refractivity contribution >= 4 is 11.4 Å². The highest BCUT2D eigenvalue weighted by Crippen LogP contribution is 2.64. The quantitative estimate of drug-likeness (QED) is 0.585. The molecule has 0 heterocycles. The predicted octanol–water partition coefficient (Wildman–Crippen LogP) is 7.56. The van der Waals surface area contributed by atoms with Gasteiger partial charge in [0.05, 0.1) is 0 Å². The fraction of sp³-hybridized carbons (Fsp3) is 0.556. The normalized spacial score (nSPS) is 34.1. The van der Waals surface area contributed by atoms with Crippen LogP contribution in [0.4, 0.5) is 11.4 Å². The zero-order valence-electron chi connectivity index (χ0n) is 17.0. The van der Waals surface area contributed by atoms with Crippen LogP contribution in [0.3, 0.4) is 0 Å². The smallest absolute Gasteiger partial charge is 0.0384 e. The summed E-state index contributed by atoms with van der Waals surface area (Å²) in [6, 6.07) is 18.7. The van der Waals surface area contributed by atoms with Gasteiger partial charge in [0, 0.05) is 11.4 Å². The molecule has 2 atom stereocenters. The molecule has 28 heavy (non-hydrogen) atoms. The molecule has 0 aliphatic heterocycles. The van der Waals surface area contributed by atoms with Crippen molar-refractivity contribution < 1.29 is 0 Å². The zero-order chi connectivity index (χ0) is 18.6. The number of hydrogen-bond donors (Lipinski definition) is 1. The third kappa shape index (κ3) is 2.90. The van der Waals surface area contributed by atoms with E-state index < -0.39 is 0 Å². The number of hydrogen-bond acceptors (Lipinski definition) is 1. The van der Waals surface area contributed by atoms with Crippen molar-refractivity contribution in [2.24, 2.45) is 17.8 Å². The summed E-state index contributed by atoms with van der Waals surface area (Å²) in [5.74, 6) is 3.90. The van der Waals surface area contributed by atoms with Gasteiger partial charge in [-0.1, -0.05) is 43.5 Å². The van der Waals surface area contributed by atoms with Gasteiger partial charge in [-0.3, -0.25) is 0 Å². The maximum absolute atomic E-state index is 3.62. The number of benzene rings is 2. The maximum atomic E-state index is 3.62. The Bertz CT molecular complexity index is 808. The minimum Gasteiger partial charge on any atom is -0.356 e. The van der Waals surface area contributed by atoms with Crippen molar-refractivity contribution in [2.45, 2.75) is 75.5 Å². The molecule has 0 spiro atoms. The van der Waals surface area contributed by atoms with Gasteiger partial charge >= 0.3 is 0 Å². The van der Waals surface area contributed by atoms with Crippen LogP contribution < -0.4 is 5.32 Å². The molecule has 7 rings (SSSR count). The van der Waals surface area contributed by atoms with Crippen LogP contribution in [0, 0.1) is 17.8 Å². The maximum Gasteiger partial charge on any atom is 0.0384 e. The van der Waals surface area contributed by atoms with Crippen molar-refractivity contribution in [3.63, 3.8) is 0 Å². The first-order valence-electron chi connectivity index (χ1n) is 11.7. The second kappa shape index (κ2) is 6.65. The van der Waals surface area contributed by atoms with Crippen LogP contribution in [0.1, 0.15) is 81.3 Å². The van der Waals surface area contributed by atoms with Crippen molar-refractivity contribution in [1.29, 1.82) is 0 Å². The van der Waals surface area contributed by atoms with Crippen molar-refractivity contribution in [3.8, 4) is 0 Å². The van der Waals surface area contributed by atoms with Crippen LogP contribution in [-0.2, 0) is 5.41 Å². The average molecular weight is 372 g/mol. The largest absolute Gasteiger partial charge is 0.356 e. The number of rotatable bonds is 4. The van der Waals surface area contributed by atoms with E-state index in [1.807, 2.05) is 0 Å². The summed E-state index contributed by atoms with van der Waals surface area (Å²) in [5.41, 5.74) is 6.11. The topological polar surface area (TPSA) is 12.0 Å². The van der Waals surface area contributed by atoms with Gasteiger partial charge in [-0.25, -0.2) is 0 Å². The van der Waals surface area contributed by atoms with Gasteiger partial charge in [-0.15, -0.1) is 0 Å². The molecule has 5 saturated carbocycles. The van der Waals surface area contributed by atoms with Gasteiger partial charge in [0.15, 0.2) is 0 Å². The Morgan fingerprint density at radius 3 is 1.89 bits per heavy atom. The zero-order valence-corrected chi connectivity index (χ0v) is 17.0. The molecule has 0 aromatic heterocycles. The second-order valence-corrected chi connectivity index (χ2v) is 10.4. The number of anilines is 2. The van der Waals surface area contributed by atoms with Gasteiger partial charge < -0.3 is 5.32 Å². The summed E-state index contributed by atoms with van der Waals surface area (Å²) in [7, 11) is 0. The van der Waals surface area contributed by atoms with E-state index in [0.29, 0.717) is 5.41 Å². The highest BCUT2D eigenvalue weighted by molar-refractivity contribution is 5.60. The average Bonchev–Trinajstić information content (AvgIpc) is 3.16. The Morgan fingerprint density at radius 1 is 0.679 bits per heavy atom. The molecule has 2 unspecified atom stereocenters. The molecule has 2 aromatic rings. The molecular weight excluding hydrogens is 338 g/mol. The predicted molar refractivity (Wildman–Crippen MR) is 117 cm³/mol. The third-order valence-corrected chi connectivity index (χ3v) is 8.70. The molecule has 1 nitrogen and oxygen atoms in total. The fourth-order valence-electron chi connectivity index (χ4n) is 7.51. The molecule has 1 heteroatoms. The molecule has 1 N–H and O–H groups in total. The third-order valence-electron chi connectivity index (χ3n) is 8.70. The lowest BCUT2D eigenvalue weighted by Crippen LogP contribution is -2.31. The minimum absolute atomic E-state index is 0.524. The van der Waals surface area contributed by atoms with Crippen LogP contribution in [0.2, 0.25) is 0 Å². The Kier molecular flexibility index (Phi) is 4.07.